The fourth-order valence-corrected chi connectivity index (χ4v) is 1.64. The molecule has 0 aliphatic heterocycles. The second kappa shape index (κ2) is 3.00. The van der Waals surface area contributed by atoms with Crippen LogP contribution in [-0.4, -0.2) is 0 Å². The van der Waals surface area contributed by atoms with Gasteiger partial charge in [-0.25, -0.2) is 0 Å². The molecule has 0 spiro atoms. The maximum absolute atomic E-state index is 3.81. The molecule has 0 heterocycles. The topological polar surface area (TPSA) is 55.3 Å². The van der Waals surface area contributed by atoms with E-state index in [1.54, 1.807) is 0 Å². The Morgan fingerprint density at radius 3 is 1.60 bits per heavy atom. The van der Waals surface area contributed by atoms with Gasteiger partial charge in [-0.1, -0.05) is 0 Å². The number of hydrogen-bond donors (Lipinski definition) is 2. The lowest BCUT2D eigenvalue weighted by molar-refractivity contribution is -0.266. The molecule has 0 bridgehead atoms. The Bertz CT molecular complexity index is 210. The first-order valence-corrected chi connectivity index (χ1v) is 4.33. The van der Waals surface area contributed by atoms with Crippen molar-refractivity contribution < 1.29 is 11.5 Å². The van der Waals surface area contributed by atoms with Crippen LogP contribution in [0.3, 0.4) is 0 Å². The van der Waals surface area contributed by atoms with Crippen LogP contribution >= 0.6 is 31.9 Å². The van der Waals surface area contributed by atoms with E-state index in [4.69, 9.17) is 0 Å². The van der Waals surface area contributed by atoms with Crippen molar-refractivity contribution in [3.63, 3.8) is 0 Å². The predicted molar refractivity (Wildman–Crippen MR) is 46.9 cm³/mol. The van der Waals surface area contributed by atoms with Gasteiger partial charge in [0.1, 0.15) is 11.4 Å². The molecule has 0 radical (unpaired) electrons. The Labute approximate surface area is 75.8 Å². The Kier molecular flexibility index (Phi) is 2.46. The smallest absolute Gasteiger partial charge is 0.148 e. The van der Waals surface area contributed by atoms with Crippen LogP contribution in [0.4, 0.5) is 11.4 Å². The van der Waals surface area contributed by atoms with E-state index in [-0.39, 0.29) is 0 Å². The Morgan fingerprint density at radius 2 is 1.30 bits per heavy atom. The molecule has 1 aromatic rings. The van der Waals surface area contributed by atoms with Crippen LogP contribution in [0.1, 0.15) is 0 Å². The third-order valence-corrected chi connectivity index (χ3v) is 2.69. The molecule has 0 aliphatic carbocycles. The predicted octanol–water partition coefficient (Wildman–Crippen LogP) is 0.958. The summed E-state index contributed by atoms with van der Waals surface area (Å²) in [5, 5.41) is 0. The van der Waals surface area contributed by atoms with Gasteiger partial charge in [0, 0.05) is 0 Å². The maximum atomic E-state index is 3.81. The monoisotopic (exact) mass is 266 g/mol. The lowest BCUT2D eigenvalue weighted by Gasteiger charge is -1.95. The summed E-state index contributed by atoms with van der Waals surface area (Å²) in [5.74, 6) is 0. The van der Waals surface area contributed by atoms with E-state index in [9.17, 15) is 0 Å². The van der Waals surface area contributed by atoms with Crippen molar-refractivity contribution in [2.75, 3.05) is 0 Å². The van der Waals surface area contributed by atoms with Crippen molar-refractivity contribution in [3.05, 3.63) is 21.1 Å². The van der Waals surface area contributed by atoms with Crippen molar-refractivity contribution in [2.24, 2.45) is 0 Å². The Hall–Kier alpha value is 0.1000. The first kappa shape index (κ1) is 8.20. The largest absolute Gasteiger partial charge is 0.324 e. The second-order valence-electron chi connectivity index (χ2n) is 2.04. The molecule has 0 saturated heterocycles. The standard InChI is InChI=1S/C6H6Br2N2/c7-3-1-4(8)6(10)2-5(3)9/h1-2H,9-10H2/p+2. The van der Waals surface area contributed by atoms with Gasteiger partial charge in [-0.05, 0) is 37.9 Å². The van der Waals surface area contributed by atoms with Gasteiger partial charge in [0.25, 0.3) is 0 Å². The molecule has 0 aromatic heterocycles. The van der Waals surface area contributed by atoms with E-state index < -0.39 is 0 Å². The highest BCUT2D eigenvalue weighted by Gasteiger charge is 2.05. The lowest BCUT2D eigenvalue weighted by atomic mass is 10.3. The summed E-state index contributed by atoms with van der Waals surface area (Å²) in [7, 11) is 0. The fraction of sp³-hybridized carbons (Fsp3) is 0. The van der Waals surface area contributed by atoms with Gasteiger partial charge in [0.05, 0.1) is 15.0 Å². The molecule has 2 nitrogen and oxygen atoms in total. The SMILES string of the molecule is [NH3+]c1cc([NH3+])c(Br)cc1Br. The number of halogens is 2. The third-order valence-electron chi connectivity index (χ3n) is 1.22. The summed E-state index contributed by atoms with van der Waals surface area (Å²) in [4.78, 5) is 0. The minimum absolute atomic E-state index is 0.966. The van der Waals surface area contributed by atoms with Gasteiger partial charge in [0.2, 0.25) is 0 Å². The highest BCUT2D eigenvalue weighted by atomic mass is 79.9. The van der Waals surface area contributed by atoms with Crippen LogP contribution in [0.5, 0.6) is 0 Å². The summed E-state index contributed by atoms with van der Waals surface area (Å²) in [5.41, 5.74) is 9.56. The number of hydrogen-bond acceptors (Lipinski definition) is 0. The van der Waals surface area contributed by atoms with E-state index in [1.165, 1.54) is 0 Å². The Morgan fingerprint density at radius 1 is 0.900 bits per heavy atom. The van der Waals surface area contributed by atoms with Crippen molar-refractivity contribution in [1.29, 1.82) is 0 Å². The van der Waals surface area contributed by atoms with E-state index >= 15 is 0 Å². The molecule has 4 heteroatoms. The zero-order valence-electron chi connectivity index (χ0n) is 5.32. The minimum Gasteiger partial charge on any atom is -0.324 e. The lowest BCUT2D eigenvalue weighted by Crippen LogP contribution is -2.44. The van der Waals surface area contributed by atoms with Crippen LogP contribution < -0.4 is 11.5 Å². The molecule has 10 heavy (non-hydrogen) atoms. The molecule has 0 saturated carbocycles. The highest BCUT2D eigenvalue weighted by molar-refractivity contribution is 9.11. The summed E-state index contributed by atoms with van der Waals surface area (Å²) in [6.45, 7) is 0. The molecule has 0 fully saturated rings. The molecule has 54 valence electrons. The van der Waals surface area contributed by atoms with Gasteiger partial charge in [-0.2, -0.15) is 0 Å². The van der Waals surface area contributed by atoms with Gasteiger partial charge in [0.15, 0.2) is 0 Å². The molecule has 6 N–H and O–H groups in total. The van der Waals surface area contributed by atoms with Gasteiger partial charge >= 0.3 is 0 Å². The molecule has 0 amide bonds. The molecular formula is C6H8Br2N2+2. The molecule has 1 rings (SSSR count). The summed E-state index contributed by atoms with van der Waals surface area (Å²) in [6.07, 6.45) is 0. The van der Waals surface area contributed by atoms with E-state index in [1.807, 2.05) is 12.1 Å². The highest BCUT2D eigenvalue weighted by Crippen LogP contribution is 2.27. The molecule has 1 aromatic carbocycles. The van der Waals surface area contributed by atoms with Crippen LogP contribution in [0, 0.1) is 0 Å². The summed E-state index contributed by atoms with van der Waals surface area (Å²) < 4.78 is 2.01. The Balaban J connectivity index is 3.28. The van der Waals surface area contributed by atoms with Crippen LogP contribution in [0.2, 0.25) is 0 Å². The van der Waals surface area contributed by atoms with Gasteiger partial charge in [-0.3, -0.25) is 0 Å². The molecular weight excluding hydrogens is 260 g/mol. The van der Waals surface area contributed by atoms with E-state index in [0.717, 1.165) is 20.3 Å². The zero-order valence-corrected chi connectivity index (χ0v) is 8.50. The van der Waals surface area contributed by atoms with Crippen LogP contribution in [0.15, 0.2) is 21.1 Å². The van der Waals surface area contributed by atoms with E-state index in [0.29, 0.717) is 0 Å². The first-order valence-electron chi connectivity index (χ1n) is 2.74. The average molecular weight is 268 g/mol. The number of rotatable bonds is 0. The number of benzene rings is 1. The third kappa shape index (κ3) is 1.58. The van der Waals surface area contributed by atoms with Gasteiger partial charge in [-0.15, -0.1) is 0 Å². The molecule has 0 unspecified atom stereocenters. The zero-order chi connectivity index (χ0) is 7.72. The fourth-order valence-electron chi connectivity index (χ4n) is 0.645. The maximum Gasteiger partial charge on any atom is 0.148 e. The van der Waals surface area contributed by atoms with Crippen LogP contribution in [0.25, 0.3) is 0 Å². The summed E-state index contributed by atoms with van der Waals surface area (Å²) >= 11 is 6.72. The van der Waals surface area contributed by atoms with Crippen molar-refractivity contribution in [1.82, 2.24) is 0 Å². The number of quaternary nitrogens is 2. The normalized spacial score (nSPS) is 10.0. The van der Waals surface area contributed by atoms with E-state index in [2.05, 4.69) is 43.3 Å². The van der Waals surface area contributed by atoms with Crippen molar-refractivity contribution in [2.45, 2.75) is 0 Å². The second-order valence-corrected chi connectivity index (χ2v) is 3.74. The average Bonchev–Trinajstić information content (AvgIpc) is 1.84. The minimum atomic E-state index is 0.966. The van der Waals surface area contributed by atoms with Crippen molar-refractivity contribution in [3.8, 4) is 0 Å². The molecule has 0 atom stereocenters. The van der Waals surface area contributed by atoms with Crippen molar-refractivity contribution >= 4 is 43.2 Å². The molecule has 0 aliphatic rings. The van der Waals surface area contributed by atoms with Gasteiger partial charge < -0.3 is 11.5 Å². The summed E-state index contributed by atoms with van der Waals surface area (Å²) in [6, 6.07) is 3.87. The quantitative estimate of drug-likeness (QED) is 0.704. The first-order chi connectivity index (χ1) is 4.61. The van der Waals surface area contributed by atoms with Crippen LogP contribution in [-0.2, 0) is 0 Å².